The van der Waals surface area contributed by atoms with Crippen LogP contribution >= 0.6 is 0 Å². The van der Waals surface area contributed by atoms with Crippen molar-refractivity contribution in [2.45, 2.75) is 38.4 Å². The van der Waals surface area contributed by atoms with Gasteiger partial charge in [0.2, 0.25) is 5.91 Å². The number of hydrogen-bond acceptors (Lipinski definition) is 3. The summed E-state index contributed by atoms with van der Waals surface area (Å²) >= 11 is 0. The number of carbonyl (C=O) groups is 1. The monoisotopic (exact) mass is 305 g/mol. The van der Waals surface area contributed by atoms with Crippen LogP contribution < -0.4 is 5.32 Å². The summed E-state index contributed by atoms with van der Waals surface area (Å²) in [7, 11) is 0. The molecule has 1 saturated heterocycles. The summed E-state index contributed by atoms with van der Waals surface area (Å²) in [5, 5.41) is 6.54. The summed E-state index contributed by atoms with van der Waals surface area (Å²) in [6, 6.07) is 0. The van der Waals surface area contributed by atoms with Crippen molar-refractivity contribution in [1.29, 1.82) is 0 Å². The van der Waals surface area contributed by atoms with E-state index in [1.807, 2.05) is 0 Å². The minimum Gasteiger partial charge on any atom is -0.381 e. The second kappa shape index (κ2) is 6.93. The van der Waals surface area contributed by atoms with Crippen LogP contribution in [0, 0.1) is 5.92 Å². The quantitative estimate of drug-likeness (QED) is 0.909. The molecule has 2 heterocycles. The van der Waals surface area contributed by atoms with E-state index in [0.717, 1.165) is 32.6 Å². The summed E-state index contributed by atoms with van der Waals surface area (Å²) in [6.07, 6.45) is -0.986. The lowest BCUT2D eigenvalue weighted by atomic mass is 10.0. The fourth-order valence-electron chi connectivity index (χ4n) is 2.20. The van der Waals surface area contributed by atoms with Crippen molar-refractivity contribution >= 4 is 11.6 Å². The molecule has 8 heteroatoms. The Morgan fingerprint density at radius 3 is 2.81 bits per heavy atom. The molecule has 0 aromatic carbocycles. The fourth-order valence-corrected chi connectivity index (χ4v) is 2.20. The predicted octanol–water partition coefficient (Wildman–Crippen LogP) is 2.59. The van der Waals surface area contributed by atoms with E-state index in [0.29, 0.717) is 11.6 Å². The molecule has 118 valence electrons. The van der Waals surface area contributed by atoms with Gasteiger partial charge in [0.1, 0.15) is 0 Å². The highest BCUT2D eigenvalue weighted by Crippen LogP contribution is 2.22. The lowest BCUT2D eigenvalue weighted by Gasteiger charge is -2.21. The molecule has 0 bridgehead atoms. The zero-order chi connectivity index (χ0) is 15.3. The molecule has 0 spiro atoms. The number of nitrogens with zero attached hydrogens (tertiary/aromatic N) is 2. The van der Waals surface area contributed by atoms with Crippen molar-refractivity contribution in [2.24, 2.45) is 5.92 Å². The molecule has 21 heavy (non-hydrogen) atoms. The van der Waals surface area contributed by atoms with E-state index in [1.165, 1.54) is 6.20 Å². The van der Waals surface area contributed by atoms with Crippen LogP contribution in [0.1, 0.15) is 25.7 Å². The van der Waals surface area contributed by atoms with E-state index >= 15 is 0 Å². The first-order valence-corrected chi connectivity index (χ1v) is 6.89. The number of amides is 1. The van der Waals surface area contributed by atoms with Crippen LogP contribution in [0.4, 0.5) is 18.9 Å². The molecule has 1 aliphatic rings. The van der Waals surface area contributed by atoms with Crippen LogP contribution in [0.25, 0.3) is 0 Å². The molecular weight excluding hydrogens is 287 g/mol. The second-order valence-corrected chi connectivity index (χ2v) is 5.17. The number of hydrogen-bond donors (Lipinski definition) is 1. The van der Waals surface area contributed by atoms with Gasteiger partial charge in [-0.05, 0) is 18.8 Å². The lowest BCUT2D eigenvalue weighted by molar-refractivity contribution is -0.142. The van der Waals surface area contributed by atoms with Crippen molar-refractivity contribution in [1.82, 2.24) is 9.78 Å². The Kier molecular flexibility index (Phi) is 5.22. The molecule has 5 nitrogen and oxygen atoms in total. The first kappa shape index (κ1) is 15.8. The van der Waals surface area contributed by atoms with Crippen LogP contribution in [0.2, 0.25) is 0 Å². The van der Waals surface area contributed by atoms with Crippen LogP contribution in [0.3, 0.4) is 0 Å². The molecule has 1 aromatic rings. The number of nitrogens with one attached hydrogen (secondary N) is 1. The third kappa shape index (κ3) is 5.74. The minimum absolute atomic E-state index is 0.425. The van der Waals surface area contributed by atoms with Crippen LogP contribution in [-0.4, -0.2) is 35.1 Å². The van der Waals surface area contributed by atoms with Crippen molar-refractivity contribution < 1.29 is 22.7 Å². The topological polar surface area (TPSA) is 56.2 Å². The lowest BCUT2D eigenvalue weighted by Crippen LogP contribution is -2.20. The maximum Gasteiger partial charge on any atom is 0.389 e. The SMILES string of the molecule is O=C(CCC(F)(F)F)Nc1cnn(CC2CCOCC2)c1. The zero-order valence-corrected chi connectivity index (χ0v) is 11.5. The molecule has 0 atom stereocenters. The number of halogens is 3. The average Bonchev–Trinajstić information content (AvgIpc) is 2.84. The molecule has 1 N–H and O–H groups in total. The molecule has 1 fully saturated rings. The summed E-state index contributed by atoms with van der Waals surface area (Å²) < 4.78 is 43.0. The maximum atomic E-state index is 12.0. The Hall–Kier alpha value is -1.57. The Labute approximate surface area is 120 Å². The third-order valence-corrected chi connectivity index (χ3v) is 3.34. The minimum atomic E-state index is -4.31. The molecule has 1 aromatic heterocycles. The van der Waals surface area contributed by atoms with E-state index in [1.54, 1.807) is 10.9 Å². The first-order chi connectivity index (χ1) is 9.92. The summed E-state index contributed by atoms with van der Waals surface area (Å²) in [4.78, 5) is 11.4. The highest BCUT2D eigenvalue weighted by molar-refractivity contribution is 5.90. The van der Waals surface area contributed by atoms with Gasteiger partial charge >= 0.3 is 6.18 Å². The van der Waals surface area contributed by atoms with E-state index in [4.69, 9.17) is 4.74 Å². The summed E-state index contributed by atoms with van der Waals surface area (Å²) in [6.45, 7) is 2.21. The highest BCUT2D eigenvalue weighted by Gasteiger charge is 2.27. The standard InChI is InChI=1S/C13H18F3N3O2/c14-13(15,16)4-1-12(20)18-11-7-17-19(9-11)8-10-2-5-21-6-3-10/h7,9-10H,1-6,8H2,(H,18,20). The van der Waals surface area contributed by atoms with Gasteiger partial charge in [0.25, 0.3) is 0 Å². The van der Waals surface area contributed by atoms with E-state index in [-0.39, 0.29) is 0 Å². The average molecular weight is 305 g/mol. The van der Waals surface area contributed by atoms with E-state index in [9.17, 15) is 18.0 Å². The molecular formula is C13H18F3N3O2. The van der Waals surface area contributed by atoms with Crippen molar-refractivity contribution in [3.8, 4) is 0 Å². The smallest absolute Gasteiger partial charge is 0.381 e. The second-order valence-electron chi connectivity index (χ2n) is 5.17. The van der Waals surface area contributed by atoms with E-state index in [2.05, 4.69) is 10.4 Å². The number of aromatic nitrogens is 2. The number of carbonyl (C=O) groups excluding carboxylic acids is 1. The number of rotatable bonds is 5. The number of alkyl halides is 3. The largest absolute Gasteiger partial charge is 0.389 e. The Morgan fingerprint density at radius 2 is 2.14 bits per heavy atom. The Bertz CT molecular complexity index is 467. The van der Waals surface area contributed by atoms with Gasteiger partial charge in [-0.3, -0.25) is 9.48 Å². The molecule has 0 radical (unpaired) electrons. The Balaban J connectivity index is 1.78. The zero-order valence-electron chi connectivity index (χ0n) is 11.5. The van der Waals surface area contributed by atoms with Gasteiger partial charge in [-0.2, -0.15) is 18.3 Å². The molecule has 0 unspecified atom stereocenters. The molecule has 0 aliphatic carbocycles. The molecule has 1 aliphatic heterocycles. The maximum absolute atomic E-state index is 12.0. The van der Waals surface area contributed by atoms with Gasteiger partial charge in [0.15, 0.2) is 0 Å². The molecule has 0 saturated carbocycles. The highest BCUT2D eigenvalue weighted by atomic mass is 19.4. The summed E-state index contributed by atoms with van der Waals surface area (Å²) in [5.74, 6) is -0.176. The fraction of sp³-hybridized carbons (Fsp3) is 0.692. The van der Waals surface area contributed by atoms with Crippen molar-refractivity contribution in [2.75, 3.05) is 18.5 Å². The molecule has 2 rings (SSSR count). The van der Waals surface area contributed by atoms with Crippen LogP contribution in [-0.2, 0) is 16.1 Å². The van der Waals surface area contributed by atoms with Crippen molar-refractivity contribution in [3.63, 3.8) is 0 Å². The van der Waals surface area contributed by atoms with Crippen LogP contribution in [0.15, 0.2) is 12.4 Å². The van der Waals surface area contributed by atoms with E-state index < -0.39 is 24.9 Å². The summed E-state index contributed by atoms with van der Waals surface area (Å²) in [5.41, 5.74) is 0.425. The van der Waals surface area contributed by atoms with Gasteiger partial charge in [-0.25, -0.2) is 0 Å². The third-order valence-electron chi connectivity index (χ3n) is 3.34. The Morgan fingerprint density at radius 1 is 1.43 bits per heavy atom. The number of ether oxygens (including phenoxy) is 1. The van der Waals surface area contributed by atoms with Gasteiger partial charge in [-0.15, -0.1) is 0 Å². The number of anilines is 1. The van der Waals surface area contributed by atoms with Gasteiger partial charge in [0.05, 0.1) is 18.3 Å². The predicted molar refractivity (Wildman–Crippen MR) is 69.7 cm³/mol. The van der Waals surface area contributed by atoms with Gasteiger partial charge < -0.3 is 10.1 Å². The van der Waals surface area contributed by atoms with Crippen LogP contribution in [0.5, 0.6) is 0 Å². The first-order valence-electron chi connectivity index (χ1n) is 6.89. The van der Waals surface area contributed by atoms with Gasteiger partial charge in [0, 0.05) is 32.4 Å². The normalized spacial score (nSPS) is 16.9. The van der Waals surface area contributed by atoms with Crippen molar-refractivity contribution in [3.05, 3.63) is 12.4 Å². The van der Waals surface area contributed by atoms with Gasteiger partial charge in [-0.1, -0.05) is 0 Å². The molecule has 1 amide bonds.